The number of anilines is 1. The molecule has 0 radical (unpaired) electrons. The van der Waals surface area contributed by atoms with Crippen molar-refractivity contribution in [2.75, 3.05) is 11.9 Å². The van der Waals surface area contributed by atoms with Gasteiger partial charge in [-0.1, -0.05) is 11.6 Å². The van der Waals surface area contributed by atoms with Crippen LogP contribution in [0.5, 0.6) is 5.75 Å². The molecule has 0 saturated heterocycles. The number of aromatic nitrogens is 1. The quantitative estimate of drug-likeness (QED) is 0.772. The van der Waals surface area contributed by atoms with Gasteiger partial charge < -0.3 is 15.0 Å². The molecule has 2 N–H and O–H groups in total. The Bertz CT molecular complexity index is 904. The molecule has 3 aromatic rings. The fraction of sp³-hybridized carbons (Fsp3) is 0.0588. The number of H-pyrrole nitrogens is 1. The first kappa shape index (κ1) is 15.1. The number of ether oxygens (including phenoxy) is 1. The molecule has 0 spiro atoms. The number of amides is 1. The number of hydrogen-bond donors (Lipinski definition) is 2. The zero-order valence-corrected chi connectivity index (χ0v) is 12.8. The zero-order chi connectivity index (χ0) is 16.2. The molecule has 1 amide bonds. The summed E-state index contributed by atoms with van der Waals surface area (Å²) in [5.74, 6) is 0.277. The highest BCUT2D eigenvalue weighted by Crippen LogP contribution is 2.17. The Kier molecular flexibility index (Phi) is 4.30. The van der Waals surface area contributed by atoms with Gasteiger partial charge in [-0.2, -0.15) is 0 Å². The number of halogens is 1. The van der Waals surface area contributed by atoms with Crippen molar-refractivity contribution < 1.29 is 9.53 Å². The standard InChI is InChI=1S/C17H13ClN2O3/c18-12-1-4-14(5-2-12)23-10-16(21)20-13-3-6-15-11(9-13)7-8-19-17(15)22/h1-9H,10H2,(H,19,22)(H,20,21). The van der Waals surface area contributed by atoms with E-state index in [0.717, 1.165) is 5.39 Å². The summed E-state index contributed by atoms with van der Waals surface area (Å²) in [4.78, 5) is 26.2. The smallest absolute Gasteiger partial charge is 0.262 e. The minimum absolute atomic E-state index is 0.116. The Labute approximate surface area is 136 Å². The van der Waals surface area contributed by atoms with E-state index in [1.807, 2.05) is 0 Å². The Morgan fingerprint density at radius 2 is 1.91 bits per heavy atom. The van der Waals surface area contributed by atoms with E-state index in [9.17, 15) is 9.59 Å². The predicted octanol–water partition coefficient (Wildman–Crippen LogP) is 3.20. The minimum atomic E-state index is -0.288. The summed E-state index contributed by atoms with van der Waals surface area (Å²) in [5.41, 5.74) is 0.444. The van der Waals surface area contributed by atoms with Crippen LogP contribution in [0.25, 0.3) is 10.8 Å². The first-order chi connectivity index (χ1) is 11.1. The highest BCUT2D eigenvalue weighted by atomic mass is 35.5. The molecule has 0 aliphatic carbocycles. The summed E-state index contributed by atoms with van der Waals surface area (Å²) in [6.07, 6.45) is 1.57. The minimum Gasteiger partial charge on any atom is -0.484 e. The normalized spacial score (nSPS) is 10.5. The lowest BCUT2D eigenvalue weighted by atomic mass is 10.1. The molecule has 0 fully saturated rings. The van der Waals surface area contributed by atoms with Crippen LogP contribution in [0.1, 0.15) is 0 Å². The summed E-state index contributed by atoms with van der Waals surface area (Å²) in [6, 6.07) is 13.6. The van der Waals surface area contributed by atoms with Crippen molar-refractivity contribution in [3.63, 3.8) is 0 Å². The number of carbonyl (C=O) groups excluding carboxylic acids is 1. The molecule has 0 aliphatic heterocycles. The number of hydrogen-bond acceptors (Lipinski definition) is 3. The predicted molar refractivity (Wildman–Crippen MR) is 90.1 cm³/mol. The molecule has 116 valence electrons. The third-order valence-electron chi connectivity index (χ3n) is 3.24. The molecule has 1 heterocycles. The van der Waals surface area contributed by atoms with Crippen molar-refractivity contribution in [3.8, 4) is 5.75 Å². The number of pyridine rings is 1. The summed E-state index contributed by atoms with van der Waals surface area (Å²) in [6.45, 7) is -0.116. The highest BCUT2D eigenvalue weighted by molar-refractivity contribution is 6.30. The largest absolute Gasteiger partial charge is 0.484 e. The van der Waals surface area contributed by atoms with Crippen molar-refractivity contribution in [1.29, 1.82) is 0 Å². The van der Waals surface area contributed by atoms with Crippen molar-refractivity contribution in [2.24, 2.45) is 0 Å². The molecule has 0 aliphatic rings. The number of fused-ring (bicyclic) bond motifs is 1. The first-order valence-corrected chi connectivity index (χ1v) is 7.29. The van der Waals surface area contributed by atoms with Gasteiger partial charge >= 0.3 is 0 Å². The van der Waals surface area contributed by atoms with Gasteiger partial charge in [0.25, 0.3) is 11.5 Å². The Balaban J connectivity index is 1.65. The third kappa shape index (κ3) is 3.70. The van der Waals surface area contributed by atoms with E-state index < -0.39 is 0 Å². The summed E-state index contributed by atoms with van der Waals surface area (Å²) < 4.78 is 5.38. The van der Waals surface area contributed by atoms with Gasteiger partial charge in [0.1, 0.15) is 5.75 Å². The van der Waals surface area contributed by atoms with Crippen LogP contribution in [-0.2, 0) is 4.79 Å². The summed E-state index contributed by atoms with van der Waals surface area (Å²) in [7, 11) is 0. The lowest BCUT2D eigenvalue weighted by Crippen LogP contribution is -2.20. The molecule has 0 bridgehead atoms. The van der Waals surface area contributed by atoms with Crippen molar-refractivity contribution in [3.05, 3.63) is 70.1 Å². The van der Waals surface area contributed by atoms with E-state index in [-0.39, 0.29) is 18.1 Å². The summed E-state index contributed by atoms with van der Waals surface area (Å²) in [5, 5.41) is 4.66. The number of carbonyl (C=O) groups is 1. The average molecular weight is 329 g/mol. The van der Waals surface area contributed by atoms with Gasteiger partial charge in [0.05, 0.1) is 0 Å². The Morgan fingerprint density at radius 1 is 1.13 bits per heavy atom. The Hall–Kier alpha value is -2.79. The molecule has 6 heteroatoms. The van der Waals surface area contributed by atoms with Crippen LogP contribution in [-0.4, -0.2) is 17.5 Å². The van der Waals surface area contributed by atoms with E-state index in [1.165, 1.54) is 0 Å². The second-order valence-corrected chi connectivity index (χ2v) is 5.34. The topological polar surface area (TPSA) is 71.2 Å². The van der Waals surface area contributed by atoms with E-state index in [4.69, 9.17) is 16.3 Å². The molecule has 0 unspecified atom stereocenters. The molecule has 0 saturated carbocycles. The summed E-state index contributed by atoms with van der Waals surface area (Å²) >= 11 is 5.78. The lowest BCUT2D eigenvalue weighted by Gasteiger charge is -2.08. The fourth-order valence-electron chi connectivity index (χ4n) is 2.15. The average Bonchev–Trinajstić information content (AvgIpc) is 2.54. The van der Waals surface area contributed by atoms with Crippen LogP contribution in [0.15, 0.2) is 59.5 Å². The van der Waals surface area contributed by atoms with Gasteiger partial charge in [0, 0.05) is 22.3 Å². The molecule has 1 aromatic heterocycles. The molecular formula is C17H13ClN2O3. The molecule has 5 nitrogen and oxygen atoms in total. The van der Waals surface area contributed by atoms with Gasteiger partial charge in [-0.15, -0.1) is 0 Å². The second kappa shape index (κ2) is 6.54. The van der Waals surface area contributed by atoms with E-state index in [2.05, 4.69) is 10.3 Å². The van der Waals surface area contributed by atoms with Crippen LogP contribution < -0.4 is 15.6 Å². The van der Waals surface area contributed by atoms with E-state index >= 15 is 0 Å². The first-order valence-electron chi connectivity index (χ1n) is 6.91. The van der Waals surface area contributed by atoms with Crippen LogP contribution in [0.3, 0.4) is 0 Å². The van der Waals surface area contributed by atoms with Crippen LogP contribution in [0.4, 0.5) is 5.69 Å². The van der Waals surface area contributed by atoms with Gasteiger partial charge in [0.15, 0.2) is 6.61 Å². The van der Waals surface area contributed by atoms with Crippen LogP contribution in [0.2, 0.25) is 5.02 Å². The number of aromatic amines is 1. The fourth-order valence-corrected chi connectivity index (χ4v) is 2.27. The van der Waals surface area contributed by atoms with Gasteiger partial charge in [-0.05, 0) is 53.9 Å². The Morgan fingerprint density at radius 3 is 2.70 bits per heavy atom. The van der Waals surface area contributed by atoms with Gasteiger partial charge in [-0.3, -0.25) is 9.59 Å². The molecule has 0 atom stereocenters. The molecule has 2 aromatic carbocycles. The van der Waals surface area contributed by atoms with E-state index in [0.29, 0.717) is 21.8 Å². The van der Waals surface area contributed by atoms with Crippen LogP contribution >= 0.6 is 11.6 Å². The van der Waals surface area contributed by atoms with Gasteiger partial charge in [0.2, 0.25) is 0 Å². The second-order valence-electron chi connectivity index (χ2n) is 4.90. The molecule has 3 rings (SSSR count). The lowest BCUT2D eigenvalue weighted by molar-refractivity contribution is -0.118. The van der Waals surface area contributed by atoms with Crippen LogP contribution in [0, 0.1) is 0 Å². The molecular weight excluding hydrogens is 316 g/mol. The SMILES string of the molecule is O=C(COc1ccc(Cl)cc1)Nc1ccc2c(=O)[nH]ccc2c1. The number of nitrogens with one attached hydrogen (secondary N) is 2. The van der Waals surface area contributed by atoms with Gasteiger partial charge in [-0.25, -0.2) is 0 Å². The maximum absolute atomic E-state index is 11.9. The monoisotopic (exact) mass is 328 g/mol. The number of benzene rings is 2. The van der Waals surface area contributed by atoms with Crippen molar-refractivity contribution >= 4 is 34.0 Å². The zero-order valence-electron chi connectivity index (χ0n) is 12.0. The highest BCUT2D eigenvalue weighted by Gasteiger charge is 2.05. The number of rotatable bonds is 4. The third-order valence-corrected chi connectivity index (χ3v) is 3.49. The maximum Gasteiger partial charge on any atom is 0.262 e. The van der Waals surface area contributed by atoms with E-state index in [1.54, 1.807) is 54.7 Å². The van der Waals surface area contributed by atoms with Crippen molar-refractivity contribution in [1.82, 2.24) is 4.98 Å². The maximum atomic E-state index is 11.9. The molecule has 23 heavy (non-hydrogen) atoms. The van der Waals surface area contributed by atoms with Crippen molar-refractivity contribution in [2.45, 2.75) is 0 Å².